The first kappa shape index (κ1) is 13.9. The number of para-hydroxylation sites is 1. The van der Waals surface area contributed by atoms with E-state index < -0.39 is 0 Å². The molecule has 2 atom stereocenters. The predicted molar refractivity (Wildman–Crippen MR) is 79.9 cm³/mol. The van der Waals surface area contributed by atoms with Gasteiger partial charge in [0.25, 0.3) is 0 Å². The number of rotatable bonds is 5. The highest BCUT2D eigenvalue weighted by Crippen LogP contribution is 2.32. The Kier molecular flexibility index (Phi) is 4.58. The van der Waals surface area contributed by atoms with Gasteiger partial charge in [-0.1, -0.05) is 43.9 Å². The molecule has 0 bridgehead atoms. The minimum atomic E-state index is -0.215. The average molecular weight is 275 g/mol. The normalized spacial score (nSPS) is 24.1. The van der Waals surface area contributed by atoms with Crippen LogP contribution in [0.15, 0.2) is 24.3 Å². The first-order valence-electron chi connectivity index (χ1n) is 7.96. The van der Waals surface area contributed by atoms with E-state index in [4.69, 9.17) is 4.74 Å². The third-order valence-corrected chi connectivity index (χ3v) is 4.64. The minimum absolute atomic E-state index is 0.215. The molecule has 1 aliphatic heterocycles. The Hall–Kier alpha value is -1.06. The van der Waals surface area contributed by atoms with Gasteiger partial charge in [0.15, 0.2) is 0 Å². The van der Waals surface area contributed by atoms with Gasteiger partial charge in [0.1, 0.15) is 5.75 Å². The summed E-state index contributed by atoms with van der Waals surface area (Å²) < 4.78 is 5.67. The number of ether oxygens (including phenoxy) is 1. The van der Waals surface area contributed by atoms with E-state index in [-0.39, 0.29) is 6.10 Å². The molecule has 1 aliphatic carbocycles. The summed E-state index contributed by atoms with van der Waals surface area (Å²) >= 11 is 0. The molecule has 2 N–H and O–H groups in total. The van der Waals surface area contributed by atoms with Gasteiger partial charge < -0.3 is 15.2 Å². The van der Waals surface area contributed by atoms with E-state index in [0.29, 0.717) is 12.6 Å². The van der Waals surface area contributed by atoms with Crippen LogP contribution < -0.4 is 10.1 Å². The number of aliphatic hydroxyl groups is 1. The van der Waals surface area contributed by atoms with Crippen molar-refractivity contribution < 1.29 is 9.84 Å². The molecule has 110 valence electrons. The standard InChI is InChI=1S/C17H25NO2/c19-14(11-13-5-1-2-6-13)12-18-16-9-10-20-17-8-4-3-7-15(16)17/h3-4,7-8,13-14,16,18-19H,1-2,5-6,9-12H2. The molecular weight excluding hydrogens is 250 g/mol. The summed E-state index contributed by atoms with van der Waals surface area (Å²) in [5.74, 6) is 1.73. The van der Waals surface area contributed by atoms with Gasteiger partial charge in [-0.15, -0.1) is 0 Å². The molecule has 3 rings (SSSR count). The Bertz CT molecular complexity index is 429. The summed E-state index contributed by atoms with van der Waals surface area (Å²) in [6.45, 7) is 1.45. The zero-order chi connectivity index (χ0) is 13.8. The van der Waals surface area contributed by atoms with E-state index in [1.807, 2.05) is 12.1 Å². The Morgan fingerprint density at radius 2 is 2.00 bits per heavy atom. The van der Waals surface area contributed by atoms with Crippen molar-refractivity contribution in [1.29, 1.82) is 0 Å². The smallest absolute Gasteiger partial charge is 0.124 e. The highest BCUT2D eigenvalue weighted by Gasteiger charge is 2.23. The van der Waals surface area contributed by atoms with Crippen LogP contribution >= 0.6 is 0 Å². The predicted octanol–water partition coefficient (Wildman–Crippen LogP) is 3.04. The lowest BCUT2D eigenvalue weighted by molar-refractivity contribution is 0.132. The highest BCUT2D eigenvalue weighted by molar-refractivity contribution is 5.37. The van der Waals surface area contributed by atoms with Crippen LogP contribution in [0, 0.1) is 5.92 Å². The molecule has 1 aromatic carbocycles. The number of hydrogen-bond donors (Lipinski definition) is 2. The maximum atomic E-state index is 10.2. The third-order valence-electron chi connectivity index (χ3n) is 4.64. The van der Waals surface area contributed by atoms with Crippen molar-refractivity contribution in [3.63, 3.8) is 0 Å². The monoisotopic (exact) mass is 275 g/mol. The number of hydrogen-bond acceptors (Lipinski definition) is 3. The molecule has 2 aliphatic rings. The zero-order valence-corrected chi connectivity index (χ0v) is 12.1. The maximum absolute atomic E-state index is 10.2. The van der Waals surface area contributed by atoms with Gasteiger partial charge in [-0.05, 0) is 18.4 Å². The Morgan fingerprint density at radius 3 is 2.85 bits per heavy atom. The largest absolute Gasteiger partial charge is 0.493 e. The molecule has 1 fully saturated rings. The van der Waals surface area contributed by atoms with Crippen LogP contribution in [0.2, 0.25) is 0 Å². The topological polar surface area (TPSA) is 41.5 Å². The molecular formula is C17H25NO2. The fraction of sp³-hybridized carbons (Fsp3) is 0.647. The van der Waals surface area contributed by atoms with Gasteiger partial charge >= 0.3 is 0 Å². The van der Waals surface area contributed by atoms with Crippen LogP contribution in [-0.2, 0) is 0 Å². The lowest BCUT2D eigenvalue weighted by Crippen LogP contribution is -2.34. The van der Waals surface area contributed by atoms with Gasteiger partial charge in [-0.25, -0.2) is 0 Å². The van der Waals surface area contributed by atoms with Gasteiger partial charge in [0.2, 0.25) is 0 Å². The quantitative estimate of drug-likeness (QED) is 0.868. The van der Waals surface area contributed by atoms with E-state index in [2.05, 4.69) is 17.4 Å². The minimum Gasteiger partial charge on any atom is -0.493 e. The van der Waals surface area contributed by atoms with Crippen molar-refractivity contribution in [2.24, 2.45) is 5.92 Å². The highest BCUT2D eigenvalue weighted by atomic mass is 16.5. The van der Waals surface area contributed by atoms with Crippen LogP contribution in [0.3, 0.4) is 0 Å². The molecule has 20 heavy (non-hydrogen) atoms. The van der Waals surface area contributed by atoms with Crippen LogP contribution in [0.1, 0.15) is 50.1 Å². The molecule has 1 aromatic rings. The molecule has 1 heterocycles. The molecule has 0 amide bonds. The summed E-state index contributed by atoms with van der Waals surface area (Å²) in [5, 5.41) is 13.7. The molecule has 3 heteroatoms. The van der Waals surface area contributed by atoms with Gasteiger partial charge in [-0.3, -0.25) is 0 Å². The molecule has 3 nitrogen and oxygen atoms in total. The SMILES string of the molecule is OC(CNC1CCOc2ccccc21)CC1CCCC1. The molecule has 1 saturated carbocycles. The summed E-state index contributed by atoms with van der Waals surface area (Å²) in [6, 6.07) is 8.53. The number of fused-ring (bicyclic) bond motifs is 1. The summed E-state index contributed by atoms with van der Waals surface area (Å²) in [5.41, 5.74) is 1.23. The maximum Gasteiger partial charge on any atom is 0.124 e. The summed E-state index contributed by atoms with van der Waals surface area (Å²) in [6.07, 6.45) is 7.02. The van der Waals surface area contributed by atoms with Crippen molar-refractivity contribution in [3.8, 4) is 5.75 Å². The summed E-state index contributed by atoms with van der Waals surface area (Å²) in [7, 11) is 0. The second kappa shape index (κ2) is 6.59. The fourth-order valence-corrected chi connectivity index (χ4v) is 3.55. The third kappa shape index (κ3) is 3.33. The van der Waals surface area contributed by atoms with Crippen molar-refractivity contribution in [1.82, 2.24) is 5.32 Å². The Morgan fingerprint density at radius 1 is 1.20 bits per heavy atom. The van der Waals surface area contributed by atoms with E-state index in [1.54, 1.807) is 0 Å². The van der Waals surface area contributed by atoms with E-state index >= 15 is 0 Å². The first-order chi connectivity index (χ1) is 9.83. The van der Waals surface area contributed by atoms with Crippen molar-refractivity contribution >= 4 is 0 Å². The molecule has 0 spiro atoms. The molecule has 0 radical (unpaired) electrons. The lowest BCUT2D eigenvalue weighted by Gasteiger charge is -2.28. The molecule has 0 saturated heterocycles. The van der Waals surface area contributed by atoms with Crippen LogP contribution in [0.4, 0.5) is 0 Å². The molecule has 0 aromatic heterocycles. The second-order valence-electron chi connectivity index (χ2n) is 6.18. The van der Waals surface area contributed by atoms with E-state index in [0.717, 1.165) is 31.1 Å². The zero-order valence-electron chi connectivity index (χ0n) is 12.1. The van der Waals surface area contributed by atoms with Crippen molar-refractivity contribution in [3.05, 3.63) is 29.8 Å². The van der Waals surface area contributed by atoms with E-state index in [9.17, 15) is 5.11 Å². The molecule has 2 unspecified atom stereocenters. The van der Waals surface area contributed by atoms with Crippen molar-refractivity contribution in [2.75, 3.05) is 13.2 Å². The number of aliphatic hydroxyl groups excluding tert-OH is 1. The lowest BCUT2D eigenvalue weighted by atomic mass is 9.98. The van der Waals surface area contributed by atoms with Gasteiger partial charge in [0, 0.05) is 24.6 Å². The van der Waals surface area contributed by atoms with Crippen LogP contribution in [-0.4, -0.2) is 24.4 Å². The fourth-order valence-electron chi connectivity index (χ4n) is 3.55. The number of nitrogens with one attached hydrogen (secondary N) is 1. The summed E-state index contributed by atoms with van der Waals surface area (Å²) in [4.78, 5) is 0. The second-order valence-corrected chi connectivity index (χ2v) is 6.18. The first-order valence-corrected chi connectivity index (χ1v) is 7.96. The van der Waals surface area contributed by atoms with E-state index in [1.165, 1.54) is 31.2 Å². The van der Waals surface area contributed by atoms with Crippen LogP contribution in [0.25, 0.3) is 0 Å². The van der Waals surface area contributed by atoms with Crippen molar-refractivity contribution in [2.45, 2.75) is 50.7 Å². The Labute approximate surface area is 121 Å². The average Bonchev–Trinajstić information content (AvgIpc) is 2.98. The van der Waals surface area contributed by atoms with Gasteiger partial charge in [-0.2, -0.15) is 0 Å². The Balaban J connectivity index is 1.51. The number of benzene rings is 1. The van der Waals surface area contributed by atoms with Crippen LogP contribution in [0.5, 0.6) is 5.75 Å². The van der Waals surface area contributed by atoms with Gasteiger partial charge in [0.05, 0.1) is 12.7 Å².